The van der Waals surface area contributed by atoms with Crippen molar-refractivity contribution in [2.45, 2.75) is 0 Å². The van der Waals surface area contributed by atoms with Gasteiger partial charge in [0, 0.05) is 10.8 Å². The van der Waals surface area contributed by atoms with Gasteiger partial charge in [-0.15, -0.1) is 0 Å². The van der Waals surface area contributed by atoms with Gasteiger partial charge in [-0.2, -0.15) is 0 Å². The van der Waals surface area contributed by atoms with E-state index in [0.717, 1.165) is 43.1 Å². The molecule has 0 heterocycles. The van der Waals surface area contributed by atoms with E-state index in [9.17, 15) is 10.2 Å². The van der Waals surface area contributed by atoms with Crippen LogP contribution >= 0.6 is 0 Å². The van der Waals surface area contributed by atoms with Crippen LogP contribution in [-0.4, -0.2) is 10.2 Å². The molecule has 0 radical (unpaired) electrons. The van der Waals surface area contributed by atoms with Crippen LogP contribution in [0.3, 0.4) is 0 Å². The largest absolute Gasteiger partial charge is 0.504 e. The molecule has 3 heteroatoms. The van der Waals surface area contributed by atoms with E-state index in [1.165, 1.54) is 0 Å². The molecule has 3 nitrogen and oxygen atoms in total. The van der Waals surface area contributed by atoms with Crippen molar-refractivity contribution in [1.29, 1.82) is 0 Å². The monoisotopic (exact) mass is 402 g/mol. The van der Waals surface area contributed by atoms with Crippen molar-refractivity contribution in [1.82, 2.24) is 0 Å². The number of phenolic OH excluding ortho intramolecular Hbond substituents is 2. The van der Waals surface area contributed by atoms with Crippen molar-refractivity contribution >= 4 is 43.1 Å². The summed E-state index contributed by atoms with van der Waals surface area (Å²) >= 11 is 0. The summed E-state index contributed by atoms with van der Waals surface area (Å²) in [5.41, 5.74) is 0. The highest BCUT2D eigenvalue weighted by molar-refractivity contribution is 6.12. The highest BCUT2D eigenvalue weighted by Crippen LogP contribution is 2.45. The molecule has 0 saturated carbocycles. The van der Waals surface area contributed by atoms with Crippen LogP contribution < -0.4 is 4.74 Å². The first-order valence-electron chi connectivity index (χ1n) is 10.2. The molecule has 0 amide bonds. The van der Waals surface area contributed by atoms with Crippen molar-refractivity contribution < 1.29 is 14.9 Å². The molecule has 6 rings (SSSR count). The van der Waals surface area contributed by atoms with Gasteiger partial charge in [0.15, 0.2) is 23.0 Å². The lowest BCUT2D eigenvalue weighted by Crippen LogP contribution is -1.90. The molecule has 0 aliphatic carbocycles. The number of hydrogen-bond acceptors (Lipinski definition) is 3. The van der Waals surface area contributed by atoms with Crippen molar-refractivity contribution in [3.8, 4) is 23.0 Å². The van der Waals surface area contributed by atoms with Crippen LogP contribution in [0.2, 0.25) is 0 Å². The lowest BCUT2D eigenvalue weighted by Gasteiger charge is -2.16. The number of phenols is 2. The van der Waals surface area contributed by atoms with E-state index in [4.69, 9.17) is 4.74 Å². The predicted molar refractivity (Wildman–Crippen MR) is 126 cm³/mol. The molecular formula is C28H18O3. The number of hydrogen-bond donors (Lipinski definition) is 2. The smallest absolute Gasteiger partial charge is 0.177 e. The summed E-state index contributed by atoms with van der Waals surface area (Å²) < 4.78 is 6.26. The van der Waals surface area contributed by atoms with Crippen molar-refractivity contribution in [3.63, 3.8) is 0 Å². The summed E-state index contributed by atoms with van der Waals surface area (Å²) in [7, 11) is 0. The van der Waals surface area contributed by atoms with Gasteiger partial charge in [0.25, 0.3) is 0 Å². The summed E-state index contributed by atoms with van der Waals surface area (Å²) in [6, 6.07) is 31.2. The highest BCUT2D eigenvalue weighted by Gasteiger charge is 2.16. The van der Waals surface area contributed by atoms with E-state index in [2.05, 4.69) is 24.3 Å². The Morgan fingerprint density at radius 2 is 0.806 bits per heavy atom. The Kier molecular flexibility index (Phi) is 3.77. The number of ether oxygens (including phenoxy) is 1. The van der Waals surface area contributed by atoms with E-state index in [1.54, 1.807) is 12.1 Å². The van der Waals surface area contributed by atoms with E-state index >= 15 is 0 Å². The third-order valence-electron chi connectivity index (χ3n) is 5.92. The molecular weight excluding hydrogens is 384 g/mol. The molecule has 0 aliphatic heterocycles. The van der Waals surface area contributed by atoms with Crippen LogP contribution in [0.15, 0.2) is 97.1 Å². The standard InChI is InChI=1S/C28H18O3/c29-25-15-13-21-19-7-3-1-5-17(19)9-11-23(21)27(25)31-28-24-12-10-18-6-2-4-8-20(18)22(24)14-16-26(28)30/h1-16,29-30H. The molecule has 0 fully saturated rings. The Hall–Kier alpha value is -4.24. The molecule has 6 aromatic carbocycles. The first-order chi connectivity index (χ1) is 15.2. The Morgan fingerprint density at radius 3 is 1.29 bits per heavy atom. The third kappa shape index (κ3) is 2.67. The van der Waals surface area contributed by atoms with Gasteiger partial charge in [0.1, 0.15) is 0 Å². The third-order valence-corrected chi connectivity index (χ3v) is 5.92. The fourth-order valence-electron chi connectivity index (χ4n) is 4.41. The van der Waals surface area contributed by atoms with Crippen molar-refractivity contribution in [2.75, 3.05) is 0 Å². The fourth-order valence-corrected chi connectivity index (χ4v) is 4.41. The Balaban J connectivity index is 1.62. The van der Waals surface area contributed by atoms with Crippen molar-refractivity contribution in [2.24, 2.45) is 0 Å². The molecule has 0 unspecified atom stereocenters. The topological polar surface area (TPSA) is 49.7 Å². The van der Waals surface area contributed by atoms with E-state index in [0.29, 0.717) is 11.5 Å². The molecule has 0 saturated heterocycles. The van der Waals surface area contributed by atoms with Gasteiger partial charge < -0.3 is 14.9 Å². The normalized spacial score (nSPS) is 11.5. The van der Waals surface area contributed by atoms with Gasteiger partial charge in [-0.05, 0) is 68.7 Å². The number of fused-ring (bicyclic) bond motifs is 6. The second-order valence-electron chi connectivity index (χ2n) is 7.69. The minimum Gasteiger partial charge on any atom is -0.504 e. The van der Waals surface area contributed by atoms with Gasteiger partial charge in [-0.1, -0.05) is 60.7 Å². The Labute approximate surface area is 178 Å². The van der Waals surface area contributed by atoms with Gasteiger partial charge in [0.05, 0.1) is 0 Å². The molecule has 2 N–H and O–H groups in total. The van der Waals surface area contributed by atoms with Crippen LogP contribution in [0, 0.1) is 0 Å². The summed E-state index contributed by atoms with van der Waals surface area (Å²) in [6.45, 7) is 0. The molecule has 0 bridgehead atoms. The van der Waals surface area contributed by atoms with Crippen LogP contribution in [0.4, 0.5) is 0 Å². The minimum atomic E-state index is 0.0278. The lowest BCUT2D eigenvalue weighted by atomic mass is 10.00. The van der Waals surface area contributed by atoms with Crippen LogP contribution in [0.1, 0.15) is 0 Å². The summed E-state index contributed by atoms with van der Waals surface area (Å²) in [5, 5.41) is 29.3. The first-order valence-corrected chi connectivity index (χ1v) is 10.2. The predicted octanol–water partition coefficient (Wildman–Crippen LogP) is 7.50. The Bertz CT molecular complexity index is 1510. The molecule has 0 aromatic heterocycles. The van der Waals surface area contributed by atoms with Gasteiger partial charge >= 0.3 is 0 Å². The number of rotatable bonds is 2. The lowest BCUT2D eigenvalue weighted by molar-refractivity contribution is 0.392. The van der Waals surface area contributed by atoms with Gasteiger partial charge in [-0.3, -0.25) is 0 Å². The van der Waals surface area contributed by atoms with Crippen LogP contribution in [-0.2, 0) is 0 Å². The fraction of sp³-hybridized carbons (Fsp3) is 0. The number of aromatic hydroxyl groups is 2. The maximum Gasteiger partial charge on any atom is 0.177 e. The van der Waals surface area contributed by atoms with E-state index in [1.807, 2.05) is 60.7 Å². The van der Waals surface area contributed by atoms with Crippen LogP contribution in [0.5, 0.6) is 23.0 Å². The van der Waals surface area contributed by atoms with Crippen LogP contribution in [0.25, 0.3) is 43.1 Å². The van der Waals surface area contributed by atoms with Crippen molar-refractivity contribution in [3.05, 3.63) is 97.1 Å². The Morgan fingerprint density at radius 1 is 0.387 bits per heavy atom. The molecule has 148 valence electrons. The summed E-state index contributed by atoms with van der Waals surface area (Å²) in [5.74, 6) is 0.721. The SMILES string of the molecule is Oc1ccc2c(ccc3ccccc32)c1Oc1c(O)ccc2c1ccc1ccccc12. The van der Waals surface area contributed by atoms with E-state index < -0.39 is 0 Å². The zero-order valence-corrected chi connectivity index (χ0v) is 16.5. The quantitative estimate of drug-likeness (QED) is 0.295. The second kappa shape index (κ2) is 6.64. The minimum absolute atomic E-state index is 0.0278. The summed E-state index contributed by atoms with van der Waals surface area (Å²) in [6.07, 6.45) is 0. The first kappa shape index (κ1) is 17.6. The van der Waals surface area contributed by atoms with Gasteiger partial charge in [-0.25, -0.2) is 0 Å². The summed E-state index contributed by atoms with van der Waals surface area (Å²) in [4.78, 5) is 0. The molecule has 31 heavy (non-hydrogen) atoms. The molecule has 0 spiro atoms. The maximum absolute atomic E-state index is 10.7. The zero-order valence-electron chi connectivity index (χ0n) is 16.5. The molecule has 0 aliphatic rings. The second-order valence-corrected chi connectivity index (χ2v) is 7.69. The average molecular weight is 402 g/mol. The van der Waals surface area contributed by atoms with Gasteiger partial charge in [0.2, 0.25) is 0 Å². The van der Waals surface area contributed by atoms with E-state index in [-0.39, 0.29) is 11.5 Å². The molecule has 0 atom stereocenters. The highest BCUT2D eigenvalue weighted by atomic mass is 16.5. The molecule has 6 aromatic rings. The zero-order chi connectivity index (χ0) is 20.9. The average Bonchev–Trinajstić information content (AvgIpc) is 2.81. The maximum atomic E-state index is 10.7. The number of benzene rings is 6.